The van der Waals surface area contributed by atoms with Gasteiger partial charge in [0.05, 0.1) is 0 Å². The van der Waals surface area contributed by atoms with Crippen LogP contribution in [0.15, 0.2) is 48.8 Å². The number of benzene rings is 1. The molecule has 0 aliphatic rings. The Balaban J connectivity index is 2.00. The monoisotopic (exact) mass is 236 g/mol. The maximum Gasteiger partial charge on any atom is 0.183 e. The van der Waals surface area contributed by atoms with Crippen molar-refractivity contribution >= 4 is 0 Å². The number of nitrogens with one attached hydrogen (secondary N) is 1. The maximum absolute atomic E-state index is 4.49. The number of aromatic amines is 1. The molecule has 1 aromatic carbocycles. The lowest BCUT2D eigenvalue weighted by atomic mass is 10.2. The molecule has 88 valence electrons. The van der Waals surface area contributed by atoms with E-state index in [1.807, 2.05) is 49.5 Å². The second-order valence-electron chi connectivity index (χ2n) is 4.12. The molecule has 0 amide bonds. The fraction of sp³-hybridized carbons (Fsp3) is 0.0714. The Morgan fingerprint density at radius 1 is 1.00 bits per heavy atom. The Bertz CT molecular complexity index is 658. The molecule has 0 unspecified atom stereocenters. The van der Waals surface area contributed by atoms with Crippen LogP contribution in [0.3, 0.4) is 0 Å². The van der Waals surface area contributed by atoms with Crippen LogP contribution in [0.1, 0.15) is 5.56 Å². The van der Waals surface area contributed by atoms with Gasteiger partial charge in [0.15, 0.2) is 11.6 Å². The first-order chi connectivity index (χ1) is 8.83. The van der Waals surface area contributed by atoms with Gasteiger partial charge in [-0.15, -0.1) is 0 Å². The van der Waals surface area contributed by atoms with E-state index in [2.05, 4.69) is 20.2 Å². The third kappa shape index (κ3) is 2.00. The molecule has 0 saturated heterocycles. The van der Waals surface area contributed by atoms with E-state index in [4.69, 9.17) is 0 Å². The summed E-state index contributed by atoms with van der Waals surface area (Å²) in [4.78, 5) is 8.63. The van der Waals surface area contributed by atoms with Crippen molar-refractivity contribution in [2.24, 2.45) is 0 Å². The van der Waals surface area contributed by atoms with Crippen LogP contribution in [-0.4, -0.2) is 20.2 Å². The molecule has 0 radical (unpaired) electrons. The molecule has 0 saturated carbocycles. The molecule has 0 aliphatic heterocycles. The molecule has 0 spiro atoms. The van der Waals surface area contributed by atoms with E-state index in [-0.39, 0.29) is 0 Å². The van der Waals surface area contributed by atoms with Crippen molar-refractivity contribution in [3.8, 4) is 22.8 Å². The Morgan fingerprint density at radius 2 is 1.83 bits per heavy atom. The van der Waals surface area contributed by atoms with Gasteiger partial charge in [-0.2, -0.15) is 5.10 Å². The summed E-state index contributed by atoms with van der Waals surface area (Å²) >= 11 is 0. The van der Waals surface area contributed by atoms with Crippen LogP contribution < -0.4 is 0 Å². The molecule has 0 bridgehead atoms. The predicted octanol–water partition coefficient (Wildman–Crippen LogP) is 2.84. The summed E-state index contributed by atoms with van der Waals surface area (Å²) in [5, 5.41) is 7.18. The van der Waals surface area contributed by atoms with Gasteiger partial charge in [0.25, 0.3) is 0 Å². The Morgan fingerprint density at radius 3 is 2.61 bits per heavy atom. The molecule has 0 fully saturated rings. The van der Waals surface area contributed by atoms with Gasteiger partial charge >= 0.3 is 0 Å². The quantitative estimate of drug-likeness (QED) is 0.744. The van der Waals surface area contributed by atoms with Crippen molar-refractivity contribution in [2.75, 3.05) is 0 Å². The molecular weight excluding hydrogens is 224 g/mol. The molecule has 4 nitrogen and oxygen atoms in total. The van der Waals surface area contributed by atoms with E-state index in [1.165, 1.54) is 0 Å². The molecular formula is C14H12N4. The summed E-state index contributed by atoms with van der Waals surface area (Å²) in [5.74, 6) is 1.44. The van der Waals surface area contributed by atoms with Crippen molar-refractivity contribution in [3.05, 3.63) is 54.4 Å². The van der Waals surface area contributed by atoms with E-state index < -0.39 is 0 Å². The van der Waals surface area contributed by atoms with Gasteiger partial charge in [0, 0.05) is 23.5 Å². The number of hydrogen-bond donors (Lipinski definition) is 1. The predicted molar refractivity (Wildman–Crippen MR) is 69.8 cm³/mol. The number of pyridine rings is 1. The van der Waals surface area contributed by atoms with E-state index >= 15 is 0 Å². The van der Waals surface area contributed by atoms with Crippen molar-refractivity contribution in [1.29, 1.82) is 0 Å². The molecule has 0 aliphatic carbocycles. The van der Waals surface area contributed by atoms with Crippen LogP contribution in [0, 0.1) is 6.92 Å². The zero-order valence-corrected chi connectivity index (χ0v) is 9.96. The third-order valence-electron chi connectivity index (χ3n) is 2.67. The van der Waals surface area contributed by atoms with Gasteiger partial charge in [-0.25, -0.2) is 4.98 Å². The molecule has 1 N–H and O–H groups in total. The highest BCUT2D eigenvalue weighted by Gasteiger charge is 2.07. The van der Waals surface area contributed by atoms with Gasteiger partial charge in [-0.05, 0) is 18.6 Å². The summed E-state index contributed by atoms with van der Waals surface area (Å²) in [5.41, 5.74) is 3.05. The molecule has 2 heterocycles. The second-order valence-corrected chi connectivity index (χ2v) is 4.12. The van der Waals surface area contributed by atoms with Gasteiger partial charge in [-0.1, -0.05) is 30.3 Å². The maximum atomic E-state index is 4.49. The minimum Gasteiger partial charge on any atom is -0.264 e. The van der Waals surface area contributed by atoms with Crippen LogP contribution in [-0.2, 0) is 0 Å². The summed E-state index contributed by atoms with van der Waals surface area (Å²) in [7, 11) is 0. The average Bonchev–Trinajstić information content (AvgIpc) is 2.89. The summed E-state index contributed by atoms with van der Waals surface area (Å²) < 4.78 is 0. The van der Waals surface area contributed by atoms with Gasteiger partial charge in [0.1, 0.15) is 0 Å². The van der Waals surface area contributed by atoms with Crippen LogP contribution >= 0.6 is 0 Å². The van der Waals surface area contributed by atoms with Crippen molar-refractivity contribution in [2.45, 2.75) is 6.92 Å². The fourth-order valence-electron chi connectivity index (χ4n) is 1.79. The normalized spacial score (nSPS) is 10.5. The summed E-state index contributed by atoms with van der Waals surface area (Å²) in [6.45, 7) is 2.00. The standard InChI is InChI=1S/C14H12N4/c1-10-7-12(9-15-8-10)14-16-13(17-18-14)11-5-3-2-4-6-11/h2-9H,1H3,(H,16,17,18). The summed E-state index contributed by atoms with van der Waals surface area (Å²) in [6, 6.07) is 11.9. The van der Waals surface area contributed by atoms with Gasteiger partial charge in [0.2, 0.25) is 0 Å². The van der Waals surface area contributed by atoms with Crippen LogP contribution in [0.4, 0.5) is 0 Å². The highest BCUT2D eigenvalue weighted by atomic mass is 15.2. The SMILES string of the molecule is Cc1cncc(-c2n[nH]c(-c3ccccc3)n2)c1. The highest BCUT2D eigenvalue weighted by molar-refractivity contribution is 5.60. The van der Waals surface area contributed by atoms with Crippen LogP contribution in [0.25, 0.3) is 22.8 Å². The minimum absolute atomic E-state index is 0.671. The average molecular weight is 236 g/mol. The first-order valence-electron chi connectivity index (χ1n) is 5.73. The largest absolute Gasteiger partial charge is 0.264 e. The van der Waals surface area contributed by atoms with Gasteiger partial charge < -0.3 is 0 Å². The number of H-pyrrole nitrogens is 1. The zero-order chi connectivity index (χ0) is 12.4. The molecule has 0 atom stereocenters. The van der Waals surface area contributed by atoms with Crippen molar-refractivity contribution in [3.63, 3.8) is 0 Å². The number of aryl methyl sites for hydroxylation is 1. The van der Waals surface area contributed by atoms with Gasteiger partial charge in [-0.3, -0.25) is 10.1 Å². The first-order valence-corrected chi connectivity index (χ1v) is 5.73. The molecule has 2 aromatic heterocycles. The van der Waals surface area contributed by atoms with E-state index in [9.17, 15) is 0 Å². The third-order valence-corrected chi connectivity index (χ3v) is 2.67. The van der Waals surface area contributed by atoms with Crippen LogP contribution in [0.2, 0.25) is 0 Å². The second kappa shape index (κ2) is 4.41. The van der Waals surface area contributed by atoms with Crippen molar-refractivity contribution in [1.82, 2.24) is 20.2 Å². The van der Waals surface area contributed by atoms with Crippen molar-refractivity contribution < 1.29 is 0 Å². The number of aromatic nitrogens is 4. The number of hydrogen-bond acceptors (Lipinski definition) is 3. The molecule has 3 aromatic rings. The first kappa shape index (κ1) is 10.7. The molecule has 4 heteroatoms. The number of nitrogens with zero attached hydrogens (tertiary/aromatic N) is 3. The Hall–Kier alpha value is -2.49. The zero-order valence-electron chi connectivity index (χ0n) is 9.96. The lowest BCUT2D eigenvalue weighted by Crippen LogP contribution is -1.84. The Labute approximate surface area is 105 Å². The fourth-order valence-corrected chi connectivity index (χ4v) is 1.79. The smallest absolute Gasteiger partial charge is 0.183 e. The molecule has 18 heavy (non-hydrogen) atoms. The topological polar surface area (TPSA) is 54.5 Å². The van der Waals surface area contributed by atoms with Crippen LogP contribution in [0.5, 0.6) is 0 Å². The lowest BCUT2D eigenvalue weighted by Gasteiger charge is -1.95. The summed E-state index contributed by atoms with van der Waals surface area (Å²) in [6.07, 6.45) is 3.58. The molecule has 3 rings (SSSR count). The Kier molecular flexibility index (Phi) is 2.61. The minimum atomic E-state index is 0.671. The number of rotatable bonds is 2. The van der Waals surface area contributed by atoms with E-state index in [0.29, 0.717) is 5.82 Å². The lowest BCUT2D eigenvalue weighted by molar-refractivity contribution is 1.10. The van der Waals surface area contributed by atoms with E-state index in [1.54, 1.807) is 6.20 Å². The highest BCUT2D eigenvalue weighted by Crippen LogP contribution is 2.19. The van der Waals surface area contributed by atoms with E-state index in [0.717, 1.165) is 22.5 Å².